The monoisotopic (exact) mass is 292 g/mol. The minimum atomic E-state index is -0.716. The molecule has 0 aliphatic heterocycles. The van der Waals surface area contributed by atoms with Crippen molar-refractivity contribution in [2.45, 2.75) is 60.4 Å². The lowest BCUT2D eigenvalue weighted by atomic mass is 9.81. The van der Waals surface area contributed by atoms with Gasteiger partial charge in [-0.3, -0.25) is 10.1 Å². The number of rotatable bonds is 5. The van der Waals surface area contributed by atoms with Crippen LogP contribution in [0.1, 0.15) is 38.5 Å². The number of aromatic nitrogens is 1. The SMILES string of the molecule is O=C(O)C1(NC2CC2)CCCC(Sc2ccccn2)C1. The molecule has 2 unspecified atom stereocenters. The third kappa shape index (κ3) is 3.15. The number of pyridine rings is 1. The summed E-state index contributed by atoms with van der Waals surface area (Å²) < 4.78 is 0. The molecule has 0 spiro atoms. The van der Waals surface area contributed by atoms with Gasteiger partial charge in [-0.1, -0.05) is 6.07 Å². The maximum Gasteiger partial charge on any atom is 0.323 e. The molecule has 2 N–H and O–H groups in total. The molecule has 2 aliphatic rings. The number of thioether (sulfide) groups is 1. The van der Waals surface area contributed by atoms with Crippen molar-refractivity contribution in [1.29, 1.82) is 0 Å². The molecule has 0 bridgehead atoms. The molecule has 0 amide bonds. The van der Waals surface area contributed by atoms with E-state index in [1.54, 1.807) is 18.0 Å². The fourth-order valence-electron chi connectivity index (χ4n) is 2.92. The van der Waals surface area contributed by atoms with Crippen molar-refractivity contribution in [2.24, 2.45) is 0 Å². The fourth-order valence-corrected chi connectivity index (χ4v) is 4.19. The van der Waals surface area contributed by atoms with Crippen molar-refractivity contribution in [1.82, 2.24) is 10.3 Å². The van der Waals surface area contributed by atoms with Crippen LogP contribution in [0.25, 0.3) is 0 Å². The van der Waals surface area contributed by atoms with Crippen molar-refractivity contribution >= 4 is 17.7 Å². The van der Waals surface area contributed by atoms with Crippen LogP contribution in [0.2, 0.25) is 0 Å². The maximum atomic E-state index is 11.8. The van der Waals surface area contributed by atoms with Crippen LogP contribution in [0.3, 0.4) is 0 Å². The summed E-state index contributed by atoms with van der Waals surface area (Å²) in [6.07, 6.45) is 7.51. The summed E-state index contributed by atoms with van der Waals surface area (Å²) in [5.41, 5.74) is -0.716. The summed E-state index contributed by atoms with van der Waals surface area (Å²) in [7, 11) is 0. The highest BCUT2D eigenvalue weighted by Gasteiger charge is 2.46. The summed E-state index contributed by atoms with van der Waals surface area (Å²) in [6.45, 7) is 0. The van der Waals surface area contributed by atoms with Gasteiger partial charge >= 0.3 is 5.97 Å². The average Bonchev–Trinajstić information content (AvgIpc) is 3.24. The van der Waals surface area contributed by atoms with E-state index in [1.807, 2.05) is 18.2 Å². The number of nitrogens with zero attached hydrogens (tertiary/aromatic N) is 1. The van der Waals surface area contributed by atoms with Crippen molar-refractivity contribution in [2.75, 3.05) is 0 Å². The topological polar surface area (TPSA) is 62.2 Å². The Bertz CT molecular complexity index is 478. The highest BCUT2D eigenvalue weighted by atomic mass is 32.2. The number of carboxylic acids is 1. The molecule has 108 valence electrons. The lowest BCUT2D eigenvalue weighted by Gasteiger charge is -2.38. The van der Waals surface area contributed by atoms with E-state index in [2.05, 4.69) is 10.3 Å². The molecule has 5 heteroatoms. The zero-order chi connectivity index (χ0) is 14.0. The molecule has 2 atom stereocenters. The Labute approximate surface area is 123 Å². The Morgan fingerprint density at radius 3 is 2.90 bits per heavy atom. The van der Waals surface area contributed by atoms with Crippen molar-refractivity contribution in [3.8, 4) is 0 Å². The number of aliphatic carboxylic acids is 1. The first-order valence-corrected chi connectivity index (χ1v) is 8.15. The number of carboxylic acid groups (broad SMARTS) is 1. The Kier molecular flexibility index (Phi) is 3.98. The van der Waals surface area contributed by atoms with E-state index in [1.165, 1.54) is 0 Å². The second kappa shape index (κ2) is 5.74. The van der Waals surface area contributed by atoms with Gasteiger partial charge in [-0.25, -0.2) is 4.98 Å². The zero-order valence-corrected chi connectivity index (χ0v) is 12.2. The lowest BCUT2D eigenvalue weighted by molar-refractivity contribution is -0.146. The molecular formula is C15H20N2O2S. The first kappa shape index (κ1) is 13.9. The van der Waals surface area contributed by atoms with E-state index in [0.717, 1.165) is 37.1 Å². The van der Waals surface area contributed by atoms with E-state index in [-0.39, 0.29) is 0 Å². The smallest absolute Gasteiger partial charge is 0.323 e. The molecule has 0 saturated heterocycles. The molecule has 1 heterocycles. The predicted molar refractivity (Wildman–Crippen MR) is 78.9 cm³/mol. The van der Waals surface area contributed by atoms with E-state index in [0.29, 0.717) is 17.7 Å². The van der Waals surface area contributed by atoms with Crippen LogP contribution in [-0.4, -0.2) is 32.9 Å². The number of hydrogen-bond donors (Lipinski definition) is 2. The summed E-state index contributed by atoms with van der Waals surface area (Å²) in [6, 6.07) is 6.30. The Morgan fingerprint density at radius 2 is 2.25 bits per heavy atom. The molecule has 4 nitrogen and oxygen atoms in total. The van der Waals surface area contributed by atoms with Gasteiger partial charge in [0, 0.05) is 17.5 Å². The highest BCUT2D eigenvalue weighted by Crippen LogP contribution is 2.39. The summed E-state index contributed by atoms with van der Waals surface area (Å²) in [4.78, 5) is 16.1. The standard InChI is InChI=1S/C15H20N2O2S/c18-14(19)15(17-11-6-7-11)8-3-4-12(10-15)20-13-5-1-2-9-16-13/h1-2,5,9,11-12,17H,3-4,6-8,10H2,(H,18,19). The van der Waals surface area contributed by atoms with Crippen LogP contribution in [0.5, 0.6) is 0 Å². The van der Waals surface area contributed by atoms with Crippen LogP contribution in [0.4, 0.5) is 0 Å². The minimum absolute atomic E-state index is 0.334. The molecular weight excluding hydrogens is 272 g/mol. The minimum Gasteiger partial charge on any atom is -0.480 e. The van der Waals surface area contributed by atoms with E-state index in [4.69, 9.17) is 0 Å². The third-order valence-electron chi connectivity index (χ3n) is 4.10. The zero-order valence-electron chi connectivity index (χ0n) is 11.4. The first-order valence-electron chi connectivity index (χ1n) is 7.27. The van der Waals surface area contributed by atoms with Crippen LogP contribution in [-0.2, 0) is 4.79 Å². The van der Waals surface area contributed by atoms with Gasteiger partial charge in [-0.05, 0) is 50.7 Å². The Hall–Kier alpha value is -1.07. The fraction of sp³-hybridized carbons (Fsp3) is 0.600. The largest absolute Gasteiger partial charge is 0.480 e. The number of nitrogens with one attached hydrogen (secondary N) is 1. The van der Waals surface area contributed by atoms with E-state index in [9.17, 15) is 9.90 Å². The van der Waals surface area contributed by atoms with Gasteiger partial charge in [0.15, 0.2) is 0 Å². The van der Waals surface area contributed by atoms with E-state index >= 15 is 0 Å². The summed E-state index contributed by atoms with van der Waals surface area (Å²) in [5.74, 6) is -0.685. The van der Waals surface area contributed by atoms with E-state index < -0.39 is 11.5 Å². The summed E-state index contributed by atoms with van der Waals surface area (Å²) >= 11 is 1.72. The van der Waals surface area contributed by atoms with Gasteiger partial charge in [0.05, 0.1) is 5.03 Å². The van der Waals surface area contributed by atoms with Crippen molar-refractivity contribution in [3.63, 3.8) is 0 Å². The Morgan fingerprint density at radius 1 is 1.40 bits per heavy atom. The Balaban J connectivity index is 1.69. The van der Waals surface area contributed by atoms with Crippen molar-refractivity contribution in [3.05, 3.63) is 24.4 Å². The van der Waals surface area contributed by atoms with Crippen LogP contribution >= 0.6 is 11.8 Å². The van der Waals surface area contributed by atoms with Gasteiger partial charge in [-0.2, -0.15) is 0 Å². The number of carbonyl (C=O) groups is 1. The van der Waals surface area contributed by atoms with Gasteiger partial charge in [-0.15, -0.1) is 11.8 Å². The molecule has 1 aromatic rings. The second-order valence-electron chi connectivity index (χ2n) is 5.81. The van der Waals surface area contributed by atoms with Crippen LogP contribution in [0, 0.1) is 0 Å². The molecule has 0 radical (unpaired) electrons. The van der Waals surface area contributed by atoms with Crippen LogP contribution < -0.4 is 5.32 Å². The predicted octanol–water partition coefficient (Wildman–Crippen LogP) is 2.69. The summed E-state index contributed by atoms with van der Waals surface area (Å²) in [5, 5.41) is 14.4. The average molecular weight is 292 g/mol. The molecule has 1 aromatic heterocycles. The highest BCUT2D eigenvalue weighted by molar-refractivity contribution is 7.99. The quantitative estimate of drug-likeness (QED) is 0.873. The molecule has 2 fully saturated rings. The normalized spacial score (nSPS) is 30.1. The molecule has 0 aromatic carbocycles. The second-order valence-corrected chi connectivity index (χ2v) is 7.13. The van der Waals surface area contributed by atoms with Crippen molar-refractivity contribution < 1.29 is 9.90 Å². The first-order chi connectivity index (χ1) is 9.68. The van der Waals surface area contributed by atoms with Gasteiger partial charge in [0.1, 0.15) is 5.54 Å². The van der Waals surface area contributed by atoms with Gasteiger partial charge in [0.25, 0.3) is 0 Å². The lowest BCUT2D eigenvalue weighted by Crippen LogP contribution is -2.56. The maximum absolute atomic E-state index is 11.8. The van der Waals surface area contributed by atoms with Crippen LogP contribution in [0.15, 0.2) is 29.4 Å². The molecule has 2 aliphatic carbocycles. The van der Waals surface area contributed by atoms with Gasteiger partial charge in [0.2, 0.25) is 0 Å². The number of hydrogen-bond acceptors (Lipinski definition) is 4. The van der Waals surface area contributed by atoms with Gasteiger partial charge < -0.3 is 5.11 Å². The molecule has 3 rings (SSSR count). The molecule has 20 heavy (non-hydrogen) atoms. The molecule has 2 saturated carbocycles. The third-order valence-corrected chi connectivity index (χ3v) is 5.32.